The largest absolute Gasteiger partial charge is 0.459 e. The number of amides is 2. The van der Waals surface area contributed by atoms with Crippen LogP contribution < -0.4 is 0 Å². The monoisotopic (exact) mass is 460 g/mol. The van der Waals surface area contributed by atoms with Gasteiger partial charge in [0.05, 0.1) is 16.8 Å². The Morgan fingerprint density at radius 3 is 2.73 bits per heavy atom. The van der Waals surface area contributed by atoms with Crippen LogP contribution in [0.3, 0.4) is 0 Å². The molecule has 5 rings (SSSR count). The molecule has 7 nitrogen and oxygen atoms in total. The Bertz CT molecular complexity index is 1230. The third-order valence-electron chi connectivity index (χ3n) is 5.88. The van der Waals surface area contributed by atoms with E-state index in [9.17, 15) is 9.59 Å². The van der Waals surface area contributed by atoms with E-state index in [0.717, 1.165) is 28.2 Å². The zero-order valence-electron chi connectivity index (χ0n) is 18.3. The van der Waals surface area contributed by atoms with Gasteiger partial charge in [0.25, 0.3) is 5.91 Å². The summed E-state index contributed by atoms with van der Waals surface area (Å²) in [6.07, 6.45) is 4.90. The molecule has 33 heavy (non-hydrogen) atoms. The summed E-state index contributed by atoms with van der Waals surface area (Å²) >= 11 is 1.62. The van der Waals surface area contributed by atoms with Gasteiger partial charge >= 0.3 is 0 Å². The molecule has 0 N–H and O–H groups in total. The molecule has 1 saturated heterocycles. The Morgan fingerprint density at radius 2 is 2.00 bits per heavy atom. The van der Waals surface area contributed by atoms with Crippen molar-refractivity contribution < 1.29 is 14.0 Å². The van der Waals surface area contributed by atoms with Gasteiger partial charge in [-0.3, -0.25) is 9.59 Å². The molecule has 168 valence electrons. The molecule has 1 unspecified atom stereocenters. The fraction of sp³-hybridized carbons (Fsp3) is 0.240. The Hall–Kier alpha value is -3.65. The molecule has 1 aliphatic rings. The Balaban J connectivity index is 1.39. The molecule has 4 aromatic rings. The Kier molecular flexibility index (Phi) is 5.83. The summed E-state index contributed by atoms with van der Waals surface area (Å²) in [7, 11) is 1.79. The van der Waals surface area contributed by atoms with E-state index in [0.29, 0.717) is 19.5 Å². The number of likely N-dealkylation sites (tertiary alicyclic amines) is 1. The standard InChI is InChI=1S/C25H24N4O3S/c1-27(24(30)20-10-5-13-28(20)25(31)21-11-6-14-32-21)16-18-17-29(19-8-3-2-4-9-19)26-23(18)22-12-7-15-33-22/h2-4,6-9,11-12,14-15,17,20H,5,10,13,16H2,1H3. The van der Waals surface area contributed by atoms with Crippen LogP contribution in [0.15, 0.2) is 76.9 Å². The summed E-state index contributed by atoms with van der Waals surface area (Å²) in [6, 6.07) is 16.8. The number of aromatic nitrogens is 2. The lowest BCUT2D eigenvalue weighted by molar-refractivity contribution is -0.134. The third kappa shape index (κ3) is 4.21. The van der Waals surface area contributed by atoms with Gasteiger partial charge in [0.2, 0.25) is 5.91 Å². The number of rotatable bonds is 6. The molecule has 0 aliphatic carbocycles. The van der Waals surface area contributed by atoms with E-state index in [2.05, 4.69) is 0 Å². The summed E-state index contributed by atoms with van der Waals surface area (Å²) in [4.78, 5) is 30.6. The van der Waals surface area contributed by atoms with E-state index in [4.69, 9.17) is 9.52 Å². The SMILES string of the molecule is CN(Cc1cn(-c2ccccc2)nc1-c1cccs1)C(=O)C1CCCN1C(=O)c1ccco1. The van der Waals surface area contributed by atoms with Crippen LogP contribution in [-0.2, 0) is 11.3 Å². The number of benzene rings is 1. The summed E-state index contributed by atoms with van der Waals surface area (Å²) in [5.74, 6) is -0.0427. The number of likely N-dealkylation sites (N-methyl/N-ethyl adjacent to an activating group) is 1. The first-order valence-corrected chi connectivity index (χ1v) is 11.8. The lowest BCUT2D eigenvalue weighted by atomic mass is 10.1. The highest BCUT2D eigenvalue weighted by Gasteiger charge is 2.37. The van der Waals surface area contributed by atoms with Crippen molar-refractivity contribution in [1.82, 2.24) is 19.6 Å². The summed E-state index contributed by atoms with van der Waals surface area (Å²) < 4.78 is 7.12. The maximum atomic E-state index is 13.4. The first-order chi connectivity index (χ1) is 16.1. The van der Waals surface area contributed by atoms with Crippen LogP contribution in [0.5, 0.6) is 0 Å². The predicted molar refractivity (Wildman–Crippen MR) is 126 cm³/mol. The van der Waals surface area contributed by atoms with Crippen molar-refractivity contribution in [2.75, 3.05) is 13.6 Å². The van der Waals surface area contributed by atoms with Crippen LogP contribution in [0.25, 0.3) is 16.3 Å². The quantitative estimate of drug-likeness (QED) is 0.426. The normalized spacial score (nSPS) is 15.7. The summed E-state index contributed by atoms with van der Waals surface area (Å²) in [5, 5.41) is 6.84. The number of para-hydroxylation sites is 1. The van der Waals surface area contributed by atoms with Crippen LogP contribution in [0.4, 0.5) is 0 Å². The second-order valence-corrected chi connectivity index (χ2v) is 9.04. The van der Waals surface area contributed by atoms with Crippen LogP contribution in [0.2, 0.25) is 0 Å². The van der Waals surface area contributed by atoms with Gasteiger partial charge in [0.1, 0.15) is 11.7 Å². The van der Waals surface area contributed by atoms with Gasteiger partial charge < -0.3 is 14.2 Å². The molecule has 0 radical (unpaired) electrons. The zero-order valence-corrected chi connectivity index (χ0v) is 19.1. The van der Waals surface area contributed by atoms with Crippen LogP contribution >= 0.6 is 11.3 Å². The van der Waals surface area contributed by atoms with Gasteiger partial charge in [-0.2, -0.15) is 5.10 Å². The number of furan rings is 1. The Labute approximate surface area is 195 Å². The average Bonchev–Trinajstić information content (AvgIpc) is 3.64. The first-order valence-electron chi connectivity index (χ1n) is 10.9. The molecule has 0 bridgehead atoms. The fourth-order valence-corrected chi connectivity index (χ4v) is 5.00. The lowest BCUT2D eigenvalue weighted by Crippen LogP contribution is -2.46. The zero-order chi connectivity index (χ0) is 22.8. The van der Waals surface area contributed by atoms with Crippen LogP contribution in [0.1, 0.15) is 29.0 Å². The minimum Gasteiger partial charge on any atom is -0.459 e. The van der Waals surface area contributed by atoms with Gasteiger partial charge in [0.15, 0.2) is 5.76 Å². The molecule has 2 amide bonds. The number of thiophene rings is 1. The Morgan fingerprint density at radius 1 is 1.15 bits per heavy atom. The number of hydrogen-bond donors (Lipinski definition) is 0. The summed E-state index contributed by atoms with van der Waals surface area (Å²) in [6.45, 7) is 0.953. The van der Waals surface area contributed by atoms with Gasteiger partial charge in [0, 0.05) is 31.9 Å². The van der Waals surface area contributed by atoms with Crippen molar-refractivity contribution in [1.29, 1.82) is 0 Å². The molecule has 0 saturated carbocycles. The van der Waals surface area contributed by atoms with Gasteiger partial charge in [-0.15, -0.1) is 11.3 Å². The van der Waals surface area contributed by atoms with Crippen molar-refractivity contribution >= 4 is 23.2 Å². The molecule has 0 spiro atoms. The van der Waals surface area contributed by atoms with Crippen molar-refractivity contribution in [3.8, 4) is 16.3 Å². The van der Waals surface area contributed by atoms with Crippen molar-refractivity contribution in [2.45, 2.75) is 25.4 Å². The van der Waals surface area contributed by atoms with E-state index in [1.165, 1.54) is 6.26 Å². The van der Waals surface area contributed by atoms with Crippen LogP contribution in [0, 0.1) is 0 Å². The van der Waals surface area contributed by atoms with Crippen molar-refractivity contribution in [3.05, 3.63) is 83.8 Å². The molecule has 3 aromatic heterocycles. The summed E-state index contributed by atoms with van der Waals surface area (Å²) in [5.41, 5.74) is 2.78. The highest BCUT2D eigenvalue weighted by atomic mass is 32.1. The predicted octanol–water partition coefficient (Wildman–Crippen LogP) is 4.46. The van der Waals surface area contributed by atoms with Gasteiger partial charge in [-0.1, -0.05) is 24.3 Å². The second kappa shape index (κ2) is 9.07. The molecule has 4 heterocycles. The maximum Gasteiger partial charge on any atom is 0.290 e. The van der Waals surface area contributed by atoms with Crippen molar-refractivity contribution in [3.63, 3.8) is 0 Å². The highest BCUT2D eigenvalue weighted by molar-refractivity contribution is 7.13. The van der Waals surface area contributed by atoms with E-state index in [-0.39, 0.29) is 17.6 Å². The number of carbonyl (C=O) groups excluding carboxylic acids is 2. The minimum atomic E-state index is -0.484. The number of hydrogen-bond acceptors (Lipinski definition) is 5. The van der Waals surface area contributed by atoms with Gasteiger partial charge in [-0.25, -0.2) is 4.68 Å². The molecule has 8 heteroatoms. The molecule has 1 aromatic carbocycles. The fourth-order valence-electron chi connectivity index (χ4n) is 4.26. The van der Waals surface area contributed by atoms with Gasteiger partial charge in [-0.05, 0) is 48.6 Å². The highest BCUT2D eigenvalue weighted by Crippen LogP contribution is 2.29. The van der Waals surface area contributed by atoms with E-state index in [1.807, 2.05) is 58.7 Å². The van der Waals surface area contributed by atoms with Crippen LogP contribution in [-0.4, -0.2) is 51.0 Å². The van der Waals surface area contributed by atoms with E-state index in [1.54, 1.807) is 40.3 Å². The molecule has 1 aliphatic heterocycles. The lowest BCUT2D eigenvalue weighted by Gasteiger charge is -2.27. The molecule has 1 atom stereocenters. The molecule has 1 fully saturated rings. The molecular weight excluding hydrogens is 436 g/mol. The minimum absolute atomic E-state index is 0.0722. The maximum absolute atomic E-state index is 13.4. The second-order valence-electron chi connectivity index (χ2n) is 8.09. The molecular formula is C25H24N4O3S. The average molecular weight is 461 g/mol. The smallest absolute Gasteiger partial charge is 0.290 e. The van der Waals surface area contributed by atoms with Crippen molar-refractivity contribution in [2.24, 2.45) is 0 Å². The van der Waals surface area contributed by atoms with E-state index >= 15 is 0 Å². The first kappa shape index (κ1) is 21.2. The van der Waals surface area contributed by atoms with E-state index < -0.39 is 6.04 Å². The number of carbonyl (C=O) groups is 2. The third-order valence-corrected chi connectivity index (χ3v) is 6.76. The topological polar surface area (TPSA) is 71.6 Å². The number of nitrogens with zero attached hydrogens (tertiary/aromatic N) is 4.